The van der Waals surface area contributed by atoms with E-state index in [0.29, 0.717) is 0 Å². The Kier molecular flexibility index (Phi) is 0.407. The molecule has 1 atom stereocenters. The Hall–Kier alpha value is 1.42. The van der Waals surface area contributed by atoms with Crippen LogP contribution in [0.3, 0.4) is 0 Å². The fraction of sp³-hybridized carbons (Fsp3) is 1.00. The predicted octanol–water partition coefficient (Wildman–Crippen LogP) is 1.40. The summed E-state index contributed by atoms with van der Waals surface area (Å²) in [7, 11) is 1.56. The van der Waals surface area contributed by atoms with Crippen molar-refractivity contribution in [1.29, 1.82) is 0 Å². The van der Waals surface area contributed by atoms with E-state index >= 15 is 0 Å². The van der Waals surface area contributed by atoms with Crippen molar-refractivity contribution >= 4 is 47.4 Å². The summed E-state index contributed by atoms with van der Waals surface area (Å²) in [6, 6.07) is 0. The van der Waals surface area contributed by atoms with Crippen LogP contribution in [0.1, 0.15) is 0 Å². The first-order valence-electron chi connectivity index (χ1n) is 1.65. The van der Waals surface area contributed by atoms with Gasteiger partial charge in [-0.1, -0.05) is 0 Å². The molecule has 3 aliphatic heterocycles. The largest absolute Gasteiger partial charge is 0.242 e. The van der Waals surface area contributed by atoms with E-state index in [-0.39, 0.29) is 2.74 Å². The Morgan fingerprint density at radius 2 is 1.86 bits per heavy atom. The van der Waals surface area contributed by atoms with Crippen LogP contribution in [0.4, 0.5) is 0 Å². The van der Waals surface area contributed by atoms with Gasteiger partial charge in [0, 0.05) is 0 Å². The van der Waals surface area contributed by atoms with E-state index in [2.05, 4.69) is 0 Å². The SMILES string of the molecule is O=S1(=S)C23SS21S3. The topological polar surface area (TPSA) is 17.1 Å². The van der Waals surface area contributed by atoms with Gasteiger partial charge in [0.25, 0.3) is 0 Å². The van der Waals surface area contributed by atoms with Gasteiger partial charge in [0.15, 0.2) is 0 Å². The maximum Gasteiger partial charge on any atom is 0.226 e. The molecular weight excluding hydrogens is 188 g/mol. The van der Waals surface area contributed by atoms with Crippen LogP contribution in [0.2, 0.25) is 0 Å². The van der Waals surface area contributed by atoms with Crippen molar-refractivity contribution in [1.82, 2.24) is 0 Å². The van der Waals surface area contributed by atoms with Crippen molar-refractivity contribution in [3.63, 3.8) is 0 Å². The molecule has 0 amide bonds. The van der Waals surface area contributed by atoms with Crippen molar-refractivity contribution in [2.45, 2.75) is 2.74 Å². The number of rotatable bonds is 0. The van der Waals surface area contributed by atoms with E-state index in [4.69, 9.17) is 11.2 Å². The molecule has 0 spiro atoms. The van der Waals surface area contributed by atoms with Gasteiger partial charge >= 0.3 is 0 Å². The fourth-order valence-electron chi connectivity index (χ4n) is 0.621. The third-order valence-electron chi connectivity index (χ3n) is 1.25. The first kappa shape index (κ1) is 4.27. The van der Waals surface area contributed by atoms with E-state index in [1.807, 2.05) is 21.6 Å². The monoisotopic (exact) mass is 188 g/mol. The number of hydrogen-bond donors (Lipinski definition) is 0. The van der Waals surface area contributed by atoms with Crippen LogP contribution in [0.5, 0.6) is 0 Å². The normalized spacial score (nSPS) is 98.9. The van der Waals surface area contributed by atoms with Crippen molar-refractivity contribution in [3.05, 3.63) is 0 Å². The zero-order valence-corrected chi connectivity index (χ0v) is 7.03. The van der Waals surface area contributed by atoms with Gasteiger partial charge in [0.05, 0.1) is 0 Å². The Morgan fingerprint density at radius 3 is 1.86 bits per heavy atom. The Labute approximate surface area is 54.2 Å². The van der Waals surface area contributed by atoms with Gasteiger partial charge in [-0.15, -0.1) is 0 Å². The molecule has 0 radical (unpaired) electrons. The highest BCUT2D eigenvalue weighted by molar-refractivity contribution is 9.86. The number of hydrogen-bond acceptors (Lipinski definition) is 4. The molecule has 0 N–H and O–H groups in total. The highest BCUT2D eigenvalue weighted by atomic mass is 34.0. The van der Waals surface area contributed by atoms with Crippen LogP contribution in [-0.2, 0) is 18.7 Å². The quantitative estimate of drug-likeness (QED) is 0.422. The summed E-state index contributed by atoms with van der Waals surface area (Å²) in [6.07, 6.45) is 0. The van der Waals surface area contributed by atoms with Crippen LogP contribution >= 0.6 is 28.7 Å². The summed E-state index contributed by atoms with van der Waals surface area (Å²) < 4.78 is 11.1. The maximum atomic E-state index is 10.9. The van der Waals surface area contributed by atoms with Crippen LogP contribution in [0.15, 0.2) is 0 Å². The molecule has 0 aromatic carbocycles. The molecule has 3 heterocycles. The first-order chi connectivity index (χ1) is 3.16. The van der Waals surface area contributed by atoms with E-state index in [1.54, 1.807) is 0 Å². The minimum atomic E-state index is -1.58. The van der Waals surface area contributed by atoms with Crippen LogP contribution < -0.4 is 0 Å². The zero-order chi connectivity index (χ0) is 4.91. The van der Waals surface area contributed by atoms with Crippen molar-refractivity contribution in [3.8, 4) is 0 Å². The van der Waals surface area contributed by atoms with Crippen LogP contribution in [0.25, 0.3) is 0 Å². The third kappa shape index (κ3) is 0.184. The lowest BCUT2D eigenvalue weighted by molar-refractivity contribution is 0.694. The molecule has 7 heavy (non-hydrogen) atoms. The van der Waals surface area contributed by atoms with E-state index in [9.17, 15) is 4.21 Å². The molecular formula is COS5. The van der Waals surface area contributed by atoms with Crippen molar-refractivity contribution in [2.24, 2.45) is 0 Å². The fourth-order valence-corrected chi connectivity index (χ4v) is 32.5. The van der Waals surface area contributed by atoms with Gasteiger partial charge in [0.1, 0.15) is 7.52 Å². The lowest BCUT2D eigenvalue weighted by atomic mass is 11.8. The van der Waals surface area contributed by atoms with Gasteiger partial charge < -0.3 is 0 Å². The lowest BCUT2D eigenvalue weighted by Gasteiger charge is -2.07. The second-order valence-electron chi connectivity index (χ2n) is 1.57. The van der Waals surface area contributed by atoms with Crippen molar-refractivity contribution < 1.29 is 4.21 Å². The van der Waals surface area contributed by atoms with E-state index in [0.717, 1.165) is 0 Å². The summed E-state index contributed by atoms with van der Waals surface area (Å²) in [4.78, 5) is 0. The molecule has 3 rings (SSSR count). The molecule has 0 aliphatic carbocycles. The summed E-state index contributed by atoms with van der Waals surface area (Å²) in [5, 5.41) is 0. The second-order valence-corrected chi connectivity index (χ2v) is 18.6. The molecule has 0 saturated carbocycles. The first-order valence-corrected chi connectivity index (χ1v) is 8.95. The molecule has 3 fully saturated rings. The molecule has 0 aromatic rings. The highest BCUT2D eigenvalue weighted by Crippen LogP contribution is 3.38. The molecule has 0 aromatic heterocycles. The van der Waals surface area contributed by atoms with Gasteiger partial charge in [0.2, 0.25) is 2.74 Å². The predicted molar refractivity (Wildman–Crippen MR) is 41.0 cm³/mol. The Bertz CT molecular complexity index is 234. The summed E-state index contributed by atoms with van der Waals surface area (Å²) in [5.74, 6) is 0. The average Bonchev–Trinajstić information content (AvgIpc) is 2.11. The maximum absolute atomic E-state index is 10.9. The minimum Gasteiger partial charge on any atom is -0.242 e. The van der Waals surface area contributed by atoms with Crippen LogP contribution in [-0.4, -0.2) is 6.95 Å². The van der Waals surface area contributed by atoms with Gasteiger partial charge in [-0.25, -0.2) is 4.21 Å². The molecule has 3 aliphatic rings. The summed E-state index contributed by atoms with van der Waals surface area (Å²) >= 11 is 4.79. The molecule has 1 unspecified atom stereocenters. The van der Waals surface area contributed by atoms with Gasteiger partial charge in [-0.2, -0.15) is 0 Å². The van der Waals surface area contributed by atoms with Crippen LogP contribution in [0, 0.1) is 0 Å². The lowest BCUT2D eigenvalue weighted by Crippen LogP contribution is -1.94. The van der Waals surface area contributed by atoms with E-state index < -0.39 is 14.6 Å². The summed E-state index contributed by atoms with van der Waals surface area (Å²) in [6.45, 7) is 0. The van der Waals surface area contributed by atoms with Crippen molar-refractivity contribution in [2.75, 3.05) is 0 Å². The molecule has 0 bridgehead atoms. The highest BCUT2D eigenvalue weighted by Gasteiger charge is 3.12. The molecule has 40 valence electrons. The molecule has 3 saturated heterocycles. The third-order valence-corrected chi connectivity index (χ3v) is 29.7. The Morgan fingerprint density at radius 1 is 1.57 bits per heavy atom. The zero-order valence-electron chi connectivity index (χ0n) is 2.95. The van der Waals surface area contributed by atoms with Gasteiger partial charge in [-0.3, -0.25) is 0 Å². The second kappa shape index (κ2) is 0.667. The molecule has 1 nitrogen and oxygen atoms in total. The standard InChI is InChI=1S/COS5/c2-6(3)1-4-7(1,6)5-1. The molecule has 6 heteroatoms. The van der Waals surface area contributed by atoms with Gasteiger partial charge in [-0.05, 0) is 39.9 Å². The smallest absolute Gasteiger partial charge is 0.226 e. The van der Waals surface area contributed by atoms with E-state index in [1.165, 1.54) is 0 Å². The Balaban J connectivity index is 2.54. The average molecular weight is 188 g/mol. The minimum absolute atomic E-state index is 0.218. The summed E-state index contributed by atoms with van der Waals surface area (Å²) in [5.41, 5.74) is 0.